The molecule has 0 bridgehead atoms. The monoisotopic (exact) mass is 230 g/mol. The summed E-state index contributed by atoms with van der Waals surface area (Å²) in [4.78, 5) is 0. The van der Waals surface area contributed by atoms with Gasteiger partial charge in [-0.2, -0.15) is 0 Å². The summed E-state index contributed by atoms with van der Waals surface area (Å²) in [6, 6.07) is 12.3. The van der Waals surface area contributed by atoms with E-state index in [1.807, 2.05) is 25.1 Å². The van der Waals surface area contributed by atoms with Crippen LogP contribution in [0.2, 0.25) is 0 Å². The van der Waals surface area contributed by atoms with E-state index in [0.29, 0.717) is 0 Å². The van der Waals surface area contributed by atoms with E-state index in [1.54, 1.807) is 7.11 Å². The van der Waals surface area contributed by atoms with Crippen LogP contribution in [0, 0.1) is 0 Å². The lowest BCUT2D eigenvalue weighted by Gasteiger charge is -2.11. The zero-order valence-electron chi connectivity index (χ0n) is 10.3. The molecule has 1 atom stereocenters. The molecule has 2 aromatic carbocycles. The zero-order chi connectivity index (χ0) is 12.3. The summed E-state index contributed by atoms with van der Waals surface area (Å²) < 4.78 is 5.36. The zero-order valence-corrected chi connectivity index (χ0v) is 10.3. The minimum atomic E-state index is -0.254. The van der Waals surface area contributed by atoms with Crippen LogP contribution >= 0.6 is 0 Å². The van der Waals surface area contributed by atoms with Gasteiger partial charge in [-0.25, -0.2) is 0 Å². The van der Waals surface area contributed by atoms with E-state index in [4.69, 9.17) is 4.74 Å². The lowest BCUT2D eigenvalue weighted by atomic mass is 9.99. The second-order valence-corrected chi connectivity index (χ2v) is 4.36. The van der Waals surface area contributed by atoms with Crippen molar-refractivity contribution in [3.63, 3.8) is 0 Å². The fraction of sp³-hybridized carbons (Fsp3) is 0.333. The number of aliphatic hydroxyl groups excluding tert-OH is 1. The van der Waals surface area contributed by atoms with E-state index in [9.17, 15) is 5.11 Å². The first-order valence-corrected chi connectivity index (χ1v) is 5.95. The standard InChI is InChI=1S/C15H18O2/c1-11(16)7-8-12-9-10-15(17-2)14-6-4-3-5-13(12)14/h3-6,9-11,16H,7-8H2,1-2H3/t11-/m1/s1. The van der Waals surface area contributed by atoms with E-state index in [0.717, 1.165) is 24.0 Å². The Kier molecular flexibility index (Phi) is 3.64. The highest BCUT2D eigenvalue weighted by Gasteiger charge is 2.06. The highest BCUT2D eigenvalue weighted by atomic mass is 16.5. The Morgan fingerprint density at radius 3 is 2.47 bits per heavy atom. The molecule has 0 amide bonds. The average Bonchev–Trinajstić information content (AvgIpc) is 2.35. The summed E-state index contributed by atoms with van der Waals surface area (Å²) in [5.41, 5.74) is 1.27. The van der Waals surface area contributed by atoms with Crippen LogP contribution in [-0.4, -0.2) is 18.3 Å². The number of aryl methyl sites for hydroxylation is 1. The molecule has 0 heterocycles. The van der Waals surface area contributed by atoms with Gasteiger partial charge in [-0.1, -0.05) is 30.3 Å². The number of hydrogen-bond donors (Lipinski definition) is 1. The first kappa shape index (κ1) is 11.9. The molecule has 90 valence electrons. The molecule has 2 heteroatoms. The van der Waals surface area contributed by atoms with Crippen molar-refractivity contribution < 1.29 is 9.84 Å². The van der Waals surface area contributed by atoms with Crippen LogP contribution in [0.15, 0.2) is 36.4 Å². The second kappa shape index (κ2) is 5.19. The molecule has 1 N–H and O–H groups in total. The van der Waals surface area contributed by atoms with Crippen LogP contribution in [0.3, 0.4) is 0 Å². The molecule has 2 rings (SSSR count). The molecular weight excluding hydrogens is 212 g/mol. The van der Waals surface area contributed by atoms with Crippen molar-refractivity contribution in [2.45, 2.75) is 25.9 Å². The Balaban J connectivity index is 2.43. The molecule has 17 heavy (non-hydrogen) atoms. The molecule has 0 aliphatic carbocycles. The highest BCUT2D eigenvalue weighted by Crippen LogP contribution is 2.29. The average molecular weight is 230 g/mol. The number of ether oxygens (including phenoxy) is 1. The molecule has 0 saturated carbocycles. The molecule has 0 unspecified atom stereocenters. The SMILES string of the molecule is COc1ccc(CC[C@@H](C)O)c2ccccc12. The first-order chi connectivity index (χ1) is 8.22. The minimum absolute atomic E-state index is 0.254. The lowest BCUT2D eigenvalue weighted by Crippen LogP contribution is -2.01. The summed E-state index contributed by atoms with van der Waals surface area (Å²) in [5.74, 6) is 0.904. The highest BCUT2D eigenvalue weighted by molar-refractivity contribution is 5.91. The molecule has 2 aromatic rings. The van der Waals surface area contributed by atoms with Gasteiger partial charge >= 0.3 is 0 Å². The van der Waals surface area contributed by atoms with Gasteiger partial charge in [0.25, 0.3) is 0 Å². The smallest absolute Gasteiger partial charge is 0.126 e. The fourth-order valence-electron chi connectivity index (χ4n) is 2.09. The van der Waals surface area contributed by atoms with Crippen molar-refractivity contribution in [1.82, 2.24) is 0 Å². The first-order valence-electron chi connectivity index (χ1n) is 5.95. The minimum Gasteiger partial charge on any atom is -0.496 e. The molecule has 0 aliphatic rings. The maximum Gasteiger partial charge on any atom is 0.126 e. The van der Waals surface area contributed by atoms with Gasteiger partial charge in [-0.05, 0) is 36.8 Å². The van der Waals surface area contributed by atoms with Gasteiger partial charge in [0.1, 0.15) is 5.75 Å². The number of benzene rings is 2. The van der Waals surface area contributed by atoms with E-state index < -0.39 is 0 Å². The Morgan fingerprint density at radius 1 is 1.12 bits per heavy atom. The van der Waals surface area contributed by atoms with Crippen LogP contribution < -0.4 is 4.74 Å². The molecule has 0 spiro atoms. The summed E-state index contributed by atoms with van der Waals surface area (Å²) >= 11 is 0. The largest absolute Gasteiger partial charge is 0.496 e. The molecule has 0 fully saturated rings. The predicted octanol–water partition coefficient (Wildman–Crippen LogP) is 3.16. The Labute approximate surface area is 102 Å². The van der Waals surface area contributed by atoms with Crippen LogP contribution in [0.25, 0.3) is 10.8 Å². The molecule has 0 aromatic heterocycles. The third-order valence-electron chi connectivity index (χ3n) is 3.03. The van der Waals surface area contributed by atoms with Crippen molar-refractivity contribution in [2.75, 3.05) is 7.11 Å². The molecule has 2 nitrogen and oxygen atoms in total. The molecule has 0 radical (unpaired) electrons. The topological polar surface area (TPSA) is 29.5 Å². The normalized spacial score (nSPS) is 12.6. The molecule has 0 saturated heterocycles. The van der Waals surface area contributed by atoms with Crippen molar-refractivity contribution in [3.05, 3.63) is 42.0 Å². The van der Waals surface area contributed by atoms with E-state index in [1.165, 1.54) is 10.9 Å². The van der Waals surface area contributed by atoms with Gasteiger partial charge in [-0.3, -0.25) is 0 Å². The van der Waals surface area contributed by atoms with Crippen LogP contribution in [-0.2, 0) is 6.42 Å². The maximum absolute atomic E-state index is 9.36. The molecular formula is C15H18O2. The van der Waals surface area contributed by atoms with Gasteiger partial charge in [0.2, 0.25) is 0 Å². The van der Waals surface area contributed by atoms with Crippen LogP contribution in [0.5, 0.6) is 5.75 Å². The summed E-state index contributed by atoms with van der Waals surface area (Å²) in [5, 5.41) is 11.7. The number of methoxy groups -OCH3 is 1. The third-order valence-corrected chi connectivity index (χ3v) is 3.03. The number of fused-ring (bicyclic) bond motifs is 1. The summed E-state index contributed by atoms with van der Waals surface area (Å²) in [6.45, 7) is 1.83. The van der Waals surface area contributed by atoms with Gasteiger partial charge < -0.3 is 9.84 Å². The molecule has 0 aliphatic heterocycles. The van der Waals surface area contributed by atoms with Gasteiger partial charge in [0.15, 0.2) is 0 Å². The lowest BCUT2D eigenvalue weighted by molar-refractivity contribution is 0.185. The number of aliphatic hydroxyl groups is 1. The summed E-state index contributed by atoms with van der Waals surface area (Å²) in [7, 11) is 1.69. The van der Waals surface area contributed by atoms with Gasteiger partial charge in [0.05, 0.1) is 13.2 Å². The summed E-state index contributed by atoms with van der Waals surface area (Å²) in [6.07, 6.45) is 1.43. The van der Waals surface area contributed by atoms with E-state index in [2.05, 4.69) is 18.2 Å². The number of rotatable bonds is 4. The van der Waals surface area contributed by atoms with Crippen LogP contribution in [0.4, 0.5) is 0 Å². The van der Waals surface area contributed by atoms with Crippen molar-refractivity contribution in [2.24, 2.45) is 0 Å². The van der Waals surface area contributed by atoms with E-state index in [-0.39, 0.29) is 6.10 Å². The van der Waals surface area contributed by atoms with Gasteiger partial charge in [-0.15, -0.1) is 0 Å². The Hall–Kier alpha value is -1.54. The number of hydrogen-bond acceptors (Lipinski definition) is 2. The van der Waals surface area contributed by atoms with Crippen molar-refractivity contribution >= 4 is 10.8 Å². The van der Waals surface area contributed by atoms with Crippen LogP contribution in [0.1, 0.15) is 18.9 Å². The second-order valence-electron chi connectivity index (χ2n) is 4.36. The Bertz CT molecular complexity index is 503. The van der Waals surface area contributed by atoms with Crippen molar-refractivity contribution in [1.29, 1.82) is 0 Å². The van der Waals surface area contributed by atoms with Crippen molar-refractivity contribution in [3.8, 4) is 5.75 Å². The Morgan fingerprint density at radius 2 is 1.82 bits per heavy atom. The van der Waals surface area contributed by atoms with E-state index >= 15 is 0 Å². The quantitative estimate of drug-likeness (QED) is 0.874. The maximum atomic E-state index is 9.36. The predicted molar refractivity (Wildman–Crippen MR) is 70.5 cm³/mol. The van der Waals surface area contributed by atoms with Gasteiger partial charge in [0, 0.05) is 5.39 Å². The third kappa shape index (κ3) is 2.59. The fourth-order valence-corrected chi connectivity index (χ4v) is 2.09.